The Hall–Kier alpha value is -1.43. The molecule has 1 aromatic rings. The number of carboxylic acid groups (broad SMARTS) is 1. The molecule has 2 rings (SSSR count). The van der Waals surface area contributed by atoms with Crippen LogP contribution in [-0.4, -0.2) is 34.3 Å². The highest BCUT2D eigenvalue weighted by molar-refractivity contribution is 5.81. The number of hydrogen-bond donors (Lipinski definition) is 2. The smallest absolute Gasteiger partial charge is 0.394 e. The molecule has 6 nitrogen and oxygen atoms in total. The van der Waals surface area contributed by atoms with Crippen LogP contribution in [0.25, 0.3) is 0 Å². The van der Waals surface area contributed by atoms with Gasteiger partial charge >= 0.3 is 11.9 Å². The second-order valence-corrected chi connectivity index (χ2v) is 3.38. The summed E-state index contributed by atoms with van der Waals surface area (Å²) in [5.74, 6) is -0.524. The number of carbonyl (C=O) groups is 1. The van der Waals surface area contributed by atoms with E-state index in [0.29, 0.717) is 18.2 Å². The van der Waals surface area contributed by atoms with E-state index < -0.39 is 5.97 Å². The van der Waals surface area contributed by atoms with E-state index in [0.717, 1.165) is 19.5 Å². The molecule has 0 spiro atoms. The molecule has 1 unspecified atom stereocenters. The molecule has 1 atom stereocenters. The SMILES string of the molecule is O=C(O)c1nc(CC2CCNC2)no1. The average molecular weight is 197 g/mol. The summed E-state index contributed by atoms with van der Waals surface area (Å²) in [5.41, 5.74) is 0. The largest absolute Gasteiger partial charge is 0.474 e. The number of nitrogens with zero attached hydrogens (tertiary/aromatic N) is 2. The average Bonchev–Trinajstić information content (AvgIpc) is 2.75. The monoisotopic (exact) mass is 197 g/mol. The first kappa shape index (κ1) is 9.14. The number of hydrogen-bond acceptors (Lipinski definition) is 5. The van der Waals surface area contributed by atoms with Gasteiger partial charge in [-0.05, 0) is 25.4 Å². The van der Waals surface area contributed by atoms with Crippen LogP contribution in [-0.2, 0) is 6.42 Å². The first-order valence-corrected chi connectivity index (χ1v) is 4.52. The van der Waals surface area contributed by atoms with E-state index in [2.05, 4.69) is 20.0 Å². The molecule has 1 aromatic heterocycles. The highest BCUT2D eigenvalue weighted by Crippen LogP contribution is 2.12. The van der Waals surface area contributed by atoms with Crippen molar-refractivity contribution in [3.8, 4) is 0 Å². The molecule has 2 heterocycles. The van der Waals surface area contributed by atoms with E-state index in [9.17, 15) is 4.79 Å². The predicted octanol–water partition coefficient (Wildman–Crippen LogP) is -0.0802. The summed E-state index contributed by atoms with van der Waals surface area (Å²) < 4.78 is 4.56. The minimum Gasteiger partial charge on any atom is -0.474 e. The number of rotatable bonds is 3. The summed E-state index contributed by atoms with van der Waals surface area (Å²) in [4.78, 5) is 14.2. The van der Waals surface area contributed by atoms with Crippen molar-refractivity contribution < 1.29 is 14.4 Å². The molecule has 0 aromatic carbocycles. The lowest BCUT2D eigenvalue weighted by molar-refractivity contribution is 0.0643. The maximum atomic E-state index is 10.4. The molecule has 14 heavy (non-hydrogen) atoms. The van der Waals surface area contributed by atoms with E-state index in [-0.39, 0.29) is 5.89 Å². The summed E-state index contributed by atoms with van der Waals surface area (Å²) in [7, 11) is 0. The molecular formula is C8H11N3O3. The lowest BCUT2D eigenvalue weighted by atomic mass is 10.1. The molecule has 0 aliphatic carbocycles. The molecular weight excluding hydrogens is 186 g/mol. The lowest BCUT2D eigenvalue weighted by Crippen LogP contribution is -2.11. The molecule has 0 amide bonds. The number of aromatic carboxylic acids is 1. The van der Waals surface area contributed by atoms with E-state index >= 15 is 0 Å². The third-order valence-electron chi connectivity index (χ3n) is 2.28. The Bertz CT molecular complexity index is 330. The van der Waals surface area contributed by atoms with E-state index in [1.807, 2.05) is 0 Å². The normalized spacial score (nSPS) is 21.3. The van der Waals surface area contributed by atoms with Gasteiger partial charge in [0.05, 0.1) is 0 Å². The zero-order valence-electron chi connectivity index (χ0n) is 7.56. The first-order chi connectivity index (χ1) is 6.75. The molecule has 0 bridgehead atoms. The number of nitrogens with one attached hydrogen (secondary N) is 1. The van der Waals surface area contributed by atoms with Gasteiger partial charge in [0.15, 0.2) is 5.82 Å². The summed E-state index contributed by atoms with van der Waals surface area (Å²) >= 11 is 0. The van der Waals surface area contributed by atoms with Gasteiger partial charge in [-0.1, -0.05) is 5.16 Å². The maximum absolute atomic E-state index is 10.4. The molecule has 1 aliphatic rings. The minimum absolute atomic E-state index is 0.328. The Morgan fingerprint density at radius 2 is 2.57 bits per heavy atom. The Morgan fingerprint density at radius 1 is 1.71 bits per heavy atom. The van der Waals surface area contributed by atoms with Crippen molar-refractivity contribution in [3.63, 3.8) is 0 Å². The number of aromatic nitrogens is 2. The van der Waals surface area contributed by atoms with Gasteiger partial charge in [0, 0.05) is 6.42 Å². The highest BCUT2D eigenvalue weighted by Gasteiger charge is 2.19. The molecule has 76 valence electrons. The van der Waals surface area contributed by atoms with Gasteiger partial charge in [-0.15, -0.1) is 0 Å². The van der Waals surface area contributed by atoms with Gasteiger partial charge in [-0.3, -0.25) is 0 Å². The Balaban J connectivity index is 1.98. The molecule has 6 heteroatoms. The molecule has 1 saturated heterocycles. The second kappa shape index (κ2) is 3.75. The topological polar surface area (TPSA) is 88.2 Å². The van der Waals surface area contributed by atoms with Gasteiger partial charge in [-0.25, -0.2) is 4.79 Å². The molecule has 1 aliphatic heterocycles. The van der Waals surface area contributed by atoms with Crippen molar-refractivity contribution in [3.05, 3.63) is 11.7 Å². The van der Waals surface area contributed by atoms with Crippen LogP contribution in [0.5, 0.6) is 0 Å². The van der Waals surface area contributed by atoms with Crippen molar-refractivity contribution in [2.24, 2.45) is 5.92 Å². The van der Waals surface area contributed by atoms with Crippen LogP contribution in [0, 0.1) is 5.92 Å². The van der Waals surface area contributed by atoms with Crippen LogP contribution in [0.15, 0.2) is 4.52 Å². The summed E-state index contributed by atoms with van der Waals surface area (Å²) in [6.07, 6.45) is 1.76. The predicted molar refractivity (Wildman–Crippen MR) is 45.9 cm³/mol. The van der Waals surface area contributed by atoms with E-state index in [1.54, 1.807) is 0 Å². The fraction of sp³-hybridized carbons (Fsp3) is 0.625. The summed E-state index contributed by atoms with van der Waals surface area (Å²) in [6, 6.07) is 0. The number of carboxylic acids is 1. The third-order valence-corrected chi connectivity index (χ3v) is 2.28. The molecule has 1 fully saturated rings. The Labute approximate surface area is 80.3 Å². The standard InChI is InChI=1S/C8H11N3O3/c12-8(13)7-10-6(11-14-7)3-5-1-2-9-4-5/h5,9H,1-4H2,(H,12,13). The fourth-order valence-corrected chi connectivity index (χ4v) is 1.57. The lowest BCUT2D eigenvalue weighted by Gasteiger charge is -2.01. The molecule has 0 radical (unpaired) electrons. The van der Waals surface area contributed by atoms with Gasteiger partial charge < -0.3 is 14.9 Å². The first-order valence-electron chi connectivity index (χ1n) is 4.52. The van der Waals surface area contributed by atoms with E-state index in [4.69, 9.17) is 5.11 Å². The molecule has 2 N–H and O–H groups in total. The van der Waals surface area contributed by atoms with E-state index in [1.165, 1.54) is 0 Å². The van der Waals surface area contributed by atoms with Crippen molar-refractivity contribution in [1.29, 1.82) is 0 Å². The van der Waals surface area contributed by atoms with Crippen LogP contribution in [0.4, 0.5) is 0 Å². The second-order valence-electron chi connectivity index (χ2n) is 3.38. The van der Waals surface area contributed by atoms with Gasteiger partial charge in [-0.2, -0.15) is 4.98 Å². The fourth-order valence-electron chi connectivity index (χ4n) is 1.57. The Morgan fingerprint density at radius 3 is 3.14 bits per heavy atom. The zero-order chi connectivity index (χ0) is 9.97. The maximum Gasteiger partial charge on any atom is 0.394 e. The van der Waals surface area contributed by atoms with Crippen LogP contribution in [0.3, 0.4) is 0 Å². The minimum atomic E-state index is -1.17. The third kappa shape index (κ3) is 1.90. The van der Waals surface area contributed by atoms with Crippen LogP contribution < -0.4 is 5.32 Å². The van der Waals surface area contributed by atoms with Crippen molar-refractivity contribution in [2.45, 2.75) is 12.8 Å². The van der Waals surface area contributed by atoms with Crippen LogP contribution in [0.2, 0.25) is 0 Å². The van der Waals surface area contributed by atoms with Crippen LogP contribution in [0.1, 0.15) is 22.9 Å². The van der Waals surface area contributed by atoms with Gasteiger partial charge in [0.1, 0.15) is 0 Å². The summed E-state index contributed by atoms with van der Waals surface area (Å²) in [5, 5.41) is 15.4. The highest BCUT2D eigenvalue weighted by atomic mass is 16.5. The zero-order valence-corrected chi connectivity index (χ0v) is 7.56. The Kier molecular flexibility index (Phi) is 2.45. The van der Waals surface area contributed by atoms with Gasteiger partial charge in [0.2, 0.25) is 0 Å². The van der Waals surface area contributed by atoms with Crippen molar-refractivity contribution >= 4 is 5.97 Å². The van der Waals surface area contributed by atoms with Crippen LogP contribution >= 0.6 is 0 Å². The van der Waals surface area contributed by atoms with Crippen molar-refractivity contribution in [2.75, 3.05) is 13.1 Å². The van der Waals surface area contributed by atoms with Crippen molar-refractivity contribution in [1.82, 2.24) is 15.5 Å². The quantitative estimate of drug-likeness (QED) is 0.704. The molecule has 0 saturated carbocycles. The summed E-state index contributed by atoms with van der Waals surface area (Å²) in [6.45, 7) is 1.95. The van der Waals surface area contributed by atoms with Gasteiger partial charge in [0.25, 0.3) is 0 Å².